The molecule has 0 aliphatic heterocycles. The summed E-state index contributed by atoms with van der Waals surface area (Å²) in [6.07, 6.45) is 0.780. The fourth-order valence-electron chi connectivity index (χ4n) is 3.18. The monoisotopic (exact) mass is 411 g/mol. The number of carbonyl (C=O) groups excluding carboxylic acids is 1. The second-order valence-corrected chi connectivity index (χ2v) is 8.18. The summed E-state index contributed by atoms with van der Waals surface area (Å²) in [5.74, 6) is 0.296. The van der Waals surface area contributed by atoms with Crippen molar-refractivity contribution in [3.8, 4) is 0 Å². The van der Waals surface area contributed by atoms with E-state index >= 15 is 0 Å². The number of benzene rings is 1. The van der Waals surface area contributed by atoms with E-state index in [0.717, 1.165) is 11.1 Å². The smallest absolute Gasteiger partial charge is 0.324 e. The molecule has 0 saturated heterocycles. The van der Waals surface area contributed by atoms with Crippen LogP contribution < -0.4 is 16.6 Å². The van der Waals surface area contributed by atoms with Crippen LogP contribution in [0.5, 0.6) is 0 Å². The van der Waals surface area contributed by atoms with Gasteiger partial charge in [-0.2, -0.15) is 0 Å². The zero-order valence-electron chi connectivity index (χ0n) is 16.2. The van der Waals surface area contributed by atoms with Crippen LogP contribution in [0.15, 0.2) is 51.4 Å². The number of carbonyl (C=O) groups is 1. The molecule has 0 saturated carbocycles. The molecule has 0 aliphatic carbocycles. The summed E-state index contributed by atoms with van der Waals surface area (Å²) in [5.41, 5.74) is 0.567. The predicted molar refractivity (Wildman–Crippen MR) is 114 cm³/mol. The lowest BCUT2D eigenvalue weighted by Gasteiger charge is -2.09. The summed E-state index contributed by atoms with van der Waals surface area (Å²) in [7, 11) is 0. The van der Waals surface area contributed by atoms with Crippen LogP contribution in [-0.4, -0.2) is 24.7 Å². The first-order valence-corrected chi connectivity index (χ1v) is 10.3. The van der Waals surface area contributed by atoms with E-state index in [4.69, 9.17) is 0 Å². The molecule has 0 atom stereocenters. The largest absolute Gasteiger partial charge is 0.352 e. The Morgan fingerprint density at radius 3 is 2.66 bits per heavy atom. The van der Waals surface area contributed by atoms with E-state index < -0.39 is 5.69 Å². The third kappa shape index (κ3) is 3.61. The van der Waals surface area contributed by atoms with Crippen LogP contribution in [0.4, 0.5) is 5.69 Å². The maximum atomic E-state index is 13.0. The molecule has 0 radical (unpaired) electrons. The predicted octanol–water partition coefficient (Wildman–Crippen LogP) is 2.56. The highest BCUT2D eigenvalue weighted by Gasteiger charge is 2.19. The SMILES string of the molecule is CC(C)CCn1c(=O)c2sccc2n2c(=O)n(CC(=O)Nc3ccccc3)nc12. The molecule has 1 amide bonds. The lowest BCUT2D eigenvalue weighted by Crippen LogP contribution is -2.29. The first kappa shape index (κ1) is 19.1. The van der Waals surface area contributed by atoms with Gasteiger partial charge in [0.2, 0.25) is 11.7 Å². The number of nitrogens with one attached hydrogen (secondary N) is 1. The average Bonchev–Trinajstić information content (AvgIpc) is 3.28. The van der Waals surface area contributed by atoms with E-state index in [0.29, 0.717) is 28.4 Å². The Morgan fingerprint density at radius 1 is 1.17 bits per heavy atom. The van der Waals surface area contributed by atoms with Crippen molar-refractivity contribution < 1.29 is 4.79 Å². The Balaban J connectivity index is 1.77. The topological polar surface area (TPSA) is 90.4 Å². The normalized spacial score (nSPS) is 11.6. The Kier molecular flexibility index (Phi) is 5.06. The molecule has 1 N–H and O–H groups in total. The van der Waals surface area contributed by atoms with Crippen molar-refractivity contribution in [1.29, 1.82) is 0 Å². The first-order chi connectivity index (χ1) is 14.0. The van der Waals surface area contributed by atoms with Crippen LogP contribution in [0.1, 0.15) is 20.3 Å². The van der Waals surface area contributed by atoms with Gasteiger partial charge < -0.3 is 5.32 Å². The van der Waals surface area contributed by atoms with Crippen molar-refractivity contribution in [1.82, 2.24) is 18.7 Å². The molecule has 150 valence electrons. The van der Waals surface area contributed by atoms with Gasteiger partial charge in [-0.25, -0.2) is 13.9 Å². The standard InChI is InChI=1S/C20H21N5O3S/c1-13(2)8-10-23-18(27)17-15(9-11-29-17)25-19(23)22-24(20(25)28)12-16(26)21-14-6-4-3-5-7-14/h3-7,9,11,13H,8,10,12H2,1-2H3,(H,21,26). The molecule has 0 unspecified atom stereocenters. The molecule has 3 aromatic heterocycles. The molecule has 8 nitrogen and oxygen atoms in total. The minimum Gasteiger partial charge on any atom is -0.324 e. The van der Waals surface area contributed by atoms with Gasteiger partial charge >= 0.3 is 5.69 Å². The van der Waals surface area contributed by atoms with Gasteiger partial charge in [-0.15, -0.1) is 16.4 Å². The molecule has 4 aromatic rings. The van der Waals surface area contributed by atoms with E-state index in [1.54, 1.807) is 23.6 Å². The van der Waals surface area contributed by atoms with Crippen LogP contribution >= 0.6 is 11.3 Å². The number of amides is 1. The van der Waals surface area contributed by atoms with Crippen molar-refractivity contribution in [2.24, 2.45) is 5.92 Å². The molecule has 0 bridgehead atoms. The summed E-state index contributed by atoms with van der Waals surface area (Å²) in [4.78, 5) is 38.3. The van der Waals surface area contributed by atoms with E-state index in [1.807, 2.05) is 18.2 Å². The van der Waals surface area contributed by atoms with Gasteiger partial charge in [-0.1, -0.05) is 32.0 Å². The van der Waals surface area contributed by atoms with E-state index in [9.17, 15) is 14.4 Å². The van der Waals surface area contributed by atoms with Crippen LogP contribution in [-0.2, 0) is 17.9 Å². The number of para-hydroxylation sites is 1. The van der Waals surface area contributed by atoms with E-state index in [1.165, 1.54) is 20.3 Å². The van der Waals surface area contributed by atoms with Crippen LogP contribution in [0.25, 0.3) is 16.0 Å². The number of aryl methyl sites for hydroxylation is 1. The van der Waals surface area contributed by atoms with Crippen molar-refractivity contribution in [3.05, 3.63) is 62.6 Å². The van der Waals surface area contributed by atoms with Crippen LogP contribution in [0, 0.1) is 5.92 Å². The second-order valence-electron chi connectivity index (χ2n) is 7.26. The summed E-state index contributed by atoms with van der Waals surface area (Å²) in [6.45, 7) is 4.37. The van der Waals surface area contributed by atoms with Crippen LogP contribution in [0.3, 0.4) is 0 Å². The van der Waals surface area contributed by atoms with Crippen molar-refractivity contribution in [2.45, 2.75) is 33.4 Å². The summed E-state index contributed by atoms with van der Waals surface area (Å²) >= 11 is 1.30. The van der Waals surface area contributed by atoms with Gasteiger partial charge in [-0.3, -0.25) is 14.2 Å². The zero-order chi connectivity index (χ0) is 20.5. The Morgan fingerprint density at radius 2 is 1.93 bits per heavy atom. The summed E-state index contributed by atoms with van der Waals surface area (Å²) in [5, 5.41) is 8.86. The maximum Gasteiger partial charge on any atom is 0.352 e. The number of anilines is 1. The Labute approximate surface area is 170 Å². The molecule has 0 spiro atoms. The van der Waals surface area contributed by atoms with Gasteiger partial charge in [0.1, 0.15) is 11.2 Å². The molecule has 3 heterocycles. The zero-order valence-corrected chi connectivity index (χ0v) is 17.0. The number of hydrogen-bond acceptors (Lipinski definition) is 5. The molecule has 4 rings (SSSR count). The highest BCUT2D eigenvalue weighted by Crippen LogP contribution is 2.17. The maximum absolute atomic E-state index is 13.0. The fourth-order valence-corrected chi connectivity index (χ4v) is 4.01. The third-order valence-electron chi connectivity index (χ3n) is 4.67. The molecule has 9 heteroatoms. The number of aromatic nitrogens is 4. The molecule has 29 heavy (non-hydrogen) atoms. The van der Waals surface area contributed by atoms with Gasteiger partial charge in [0.15, 0.2) is 0 Å². The number of fused-ring (bicyclic) bond motifs is 3. The van der Waals surface area contributed by atoms with Crippen LogP contribution in [0.2, 0.25) is 0 Å². The highest BCUT2D eigenvalue weighted by atomic mass is 32.1. The highest BCUT2D eigenvalue weighted by molar-refractivity contribution is 7.17. The van der Waals surface area contributed by atoms with Crippen molar-refractivity contribution in [3.63, 3.8) is 0 Å². The quantitative estimate of drug-likeness (QED) is 0.528. The Hall–Kier alpha value is -3.20. The summed E-state index contributed by atoms with van der Waals surface area (Å²) < 4.78 is 4.57. The minimum atomic E-state index is -0.440. The lowest BCUT2D eigenvalue weighted by molar-refractivity contribution is -0.117. The molecular formula is C20H21N5O3S. The van der Waals surface area contributed by atoms with Gasteiger partial charge in [-0.05, 0) is 35.9 Å². The van der Waals surface area contributed by atoms with E-state index in [-0.39, 0.29) is 23.8 Å². The molecule has 1 aromatic carbocycles. The number of hydrogen-bond donors (Lipinski definition) is 1. The summed E-state index contributed by atoms with van der Waals surface area (Å²) in [6, 6.07) is 10.7. The van der Waals surface area contributed by atoms with Gasteiger partial charge in [0, 0.05) is 12.2 Å². The van der Waals surface area contributed by atoms with E-state index in [2.05, 4.69) is 24.3 Å². The number of thiophene rings is 1. The molecule has 0 fully saturated rings. The second kappa shape index (κ2) is 7.67. The van der Waals surface area contributed by atoms with Gasteiger partial charge in [0.25, 0.3) is 5.56 Å². The van der Waals surface area contributed by atoms with Crippen molar-refractivity contribution >= 4 is 38.9 Å². The lowest BCUT2D eigenvalue weighted by atomic mass is 10.1. The Bertz CT molecular complexity index is 1300. The fraction of sp³-hybridized carbons (Fsp3) is 0.300. The first-order valence-electron chi connectivity index (χ1n) is 9.40. The third-order valence-corrected chi connectivity index (χ3v) is 5.56. The average molecular weight is 411 g/mol. The minimum absolute atomic E-state index is 0.158. The van der Waals surface area contributed by atoms with Crippen molar-refractivity contribution in [2.75, 3.05) is 5.32 Å². The number of rotatable bonds is 6. The number of nitrogens with zero attached hydrogens (tertiary/aromatic N) is 4. The molecular weight excluding hydrogens is 390 g/mol. The van der Waals surface area contributed by atoms with Gasteiger partial charge in [0.05, 0.1) is 5.52 Å². The molecule has 0 aliphatic rings.